The second kappa shape index (κ2) is 10.3. The average molecular weight is 461 g/mol. The first-order chi connectivity index (χ1) is 11.1. The highest BCUT2D eigenvalue weighted by molar-refractivity contribution is 14.0. The van der Waals surface area contributed by atoms with Crippen molar-refractivity contribution in [1.82, 2.24) is 25.4 Å². The average Bonchev–Trinajstić information content (AvgIpc) is 2.87. The monoisotopic (exact) mass is 460 g/mol. The van der Waals surface area contributed by atoms with E-state index in [0.717, 1.165) is 17.2 Å². The number of rotatable bonds is 6. The second-order valence-electron chi connectivity index (χ2n) is 5.00. The van der Waals surface area contributed by atoms with Crippen LogP contribution in [0.1, 0.15) is 17.2 Å². The molecule has 0 bridgehead atoms. The maximum absolute atomic E-state index is 6.16. The SMILES string of the molecule is C=CCNC(=NCc1ccccc1Cl)NCc1nnc(C)n1C.I. The molecule has 1 aromatic heterocycles. The van der Waals surface area contributed by atoms with Gasteiger partial charge in [0.2, 0.25) is 0 Å². The van der Waals surface area contributed by atoms with Gasteiger partial charge in [-0.15, -0.1) is 40.8 Å². The molecular weight excluding hydrogens is 439 g/mol. The molecule has 0 aliphatic rings. The molecule has 1 heterocycles. The number of benzene rings is 1. The Kier molecular flexibility index (Phi) is 8.77. The molecule has 0 aliphatic carbocycles. The summed E-state index contributed by atoms with van der Waals surface area (Å²) in [6.45, 7) is 7.26. The van der Waals surface area contributed by atoms with Crippen molar-refractivity contribution in [2.45, 2.75) is 20.0 Å². The molecule has 0 unspecified atom stereocenters. The minimum atomic E-state index is 0. The Bertz CT molecular complexity index is 698. The van der Waals surface area contributed by atoms with E-state index in [-0.39, 0.29) is 24.0 Å². The molecule has 0 spiro atoms. The highest BCUT2D eigenvalue weighted by Crippen LogP contribution is 2.15. The van der Waals surface area contributed by atoms with Crippen LogP contribution in [0.3, 0.4) is 0 Å². The van der Waals surface area contributed by atoms with E-state index in [9.17, 15) is 0 Å². The highest BCUT2D eigenvalue weighted by atomic mass is 127. The van der Waals surface area contributed by atoms with E-state index >= 15 is 0 Å². The first kappa shape index (κ1) is 20.4. The summed E-state index contributed by atoms with van der Waals surface area (Å²) in [6, 6.07) is 7.67. The lowest BCUT2D eigenvalue weighted by molar-refractivity contribution is 0.721. The quantitative estimate of drug-likeness (QED) is 0.301. The molecule has 0 fully saturated rings. The molecule has 2 rings (SSSR count). The van der Waals surface area contributed by atoms with Crippen molar-refractivity contribution in [3.8, 4) is 0 Å². The normalized spacial score (nSPS) is 10.9. The van der Waals surface area contributed by atoms with Gasteiger partial charge in [-0.25, -0.2) is 4.99 Å². The van der Waals surface area contributed by atoms with Crippen LogP contribution in [0.25, 0.3) is 0 Å². The molecule has 1 aromatic carbocycles. The lowest BCUT2D eigenvalue weighted by atomic mass is 10.2. The van der Waals surface area contributed by atoms with Crippen molar-refractivity contribution >= 4 is 41.5 Å². The van der Waals surface area contributed by atoms with Crippen LogP contribution in [0.4, 0.5) is 0 Å². The van der Waals surface area contributed by atoms with Crippen LogP contribution in [0.15, 0.2) is 41.9 Å². The van der Waals surface area contributed by atoms with E-state index in [2.05, 4.69) is 32.4 Å². The molecule has 0 radical (unpaired) electrons. The first-order valence-corrected chi connectivity index (χ1v) is 7.71. The van der Waals surface area contributed by atoms with Gasteiger partial charge in [0.05, 0.1) is 13.1 Å². The Balaban J connectivity index is 0.00000288. The summed E-state index contributed by atoms with van der Waals surface area (Å²) in [5.74, 6) is 2.38. The topological polar surface area (TPSA) is 67.1 Å². The molecule has 0 saturated heterocycles. The number of hydrogen-bond donors (Lipinski definition) is 2. The van der Waals surface area contributed by atoms with Gasteiger partial charge < -0.3 is 15.2 Å². The fourth-order valence-corrected chi connectivity index (χ4v) is 2.10. The van der Waals surface area contributed by atoms with E-state index in [1.165, 1.54) is 0 Å². The van der Waals surface area contributed by atoms with Gasteiger partial charge in [0, 0.05) is 18.6 Å². The summed E-state index contributed by atoms with van der Waals surface area (Å²) < 4.78 is 1.94. The van der Waals surface area contributed by atoms with Crippen LogP contribution >= 0.6 is 35.6 Å². The van der Waals surface area contributed by atoms with E-state index in [4.69, 9.17) is 11.6 Å². The molecule has 6 nitrogen and oxygen atoms in total. The molecule has 130 valence electrons. The lowest BCUT2D eigenvalue weighted by Gasteiger charge is -2.11. The predicted molar refractivity (Wildman–Crippen MR) is 109 cm³/mol. The molecule has 0 saturated carbocycles. The van der Waals surface area contributed by atoms with Gasteiger partial charge in [0.25, 0.3) is 0 Å². The van der Waals surface area contributed by atoms with Gasteiger partial charge in [-0.2, -0.15) is 0 Å². The fraction of sp³-hybridized carbons (Fsp3) is 0.312. The second-order valence-corrected chi connectivity index (χ2v) is 5.41. The molecule has 2 N–H and O–H groups in total. The minimum absolute atomic E-state index is 0. The van der Waals surface area contributed by atoms with Crippen molar-refractivity contribution < 1.29 is 0 Å². The maximum atomic E-state index is 6.16. The summed E-state index contributed by atoms with van der Waals surface area (Å²) in [5.41, 5.74) is 0.975. The van der Waals surface area contributed by atoms with Crippen molar-refractivity contribution in [3.05, 3.63) is 59.2 Å². The van der Waals surface area contributed by atoms with E-state index < -0.39 is 0 Å². The van der Waals surface area contributed by atoms with Crippen LogP contribution in [-0.2, 0) is 20.1 Å². The number of hydrogen-bond acceptors (Lipinski definition) is 3. The largest absolute Gasteiger partial charge is 0.353 e. The Morgan fingerprint density at radius 2 is 2.08 bits per heavy atom. The van der Waals surface area contributed by atoms with Crippen LogP contribution in [0.5, 0.6) is 0 Å². The molecule has 2 aromatic rings. The van der Waals surface area contributed by atoms with Crippen LogP contribution < -0.4 is 10.6 Å². The number of aryl methyl sites for hydroxylation is 1. The number of aliphatic imine (C=N–C) groups is 1. The van der Waals surface area contributed by atoms with Gasteiger partial charge in [-0.1, -0.05) is 35.9 Å². The molecule has 0 atom stereocenters. The molecular formula is C16H22ClIN6. The number of nitrogens with zero attached hydrogens (tertiary/aromatic N) is 4. The van der Waals surface area contributed by atoms with Gasteiger partial charge >= 0.3 is 0 Å². The standard InChI is InChI=1S/C16H21ClN6.HI/c1-4-9-18-16(19-10-13-7-5-6-8-14(13)17)20-11-15-22-21-12(2)23(15)3;/h4-8H,1,9-11H2,2-3H3,(H2,18,19,20);1H. The zero-order valence-corrected chi connectivity index (χ0v) is 16.9. The number of aromatic nitrogens is 3. The van der Waals surface area contributed by atoms with Gasteiger partial charge in [0.15, 0.2) is 11.8 Å². The fourth-order valence-electron chi connectivity index (χ4n) is 1.90. The Labute approximate surface area is 164 Å². The van der Waals surface area contributed by atoms with Crippen molar-refractivity contribution in [2.24, 2.45) is 12.0 Å². The third-order valence-corrected chi connectivity index (χ3v) is 3.74. The van der Waals surface area contributed by atoms with Gasteiger partial charge in [0.1, 0.15) is 5.82 Å². The lowest BCUT2D eigenvalue weighted by Crippen LogP contribution is -2.37. The minimum Gasteiger partial charge on any atom is -0.353 e. The maximum Gasteiger partial charge on any atom is 0.192 e. The van der Waals surface area contributed by atoms with Crippen LogP contribution in [0.2, 0.25) is 5.02 Å². The summed E-state index contributed by atoms with van der Waals surface area (Å²) in [7, 11) is 1.93. The van der Waals surface area contributed by atoms with Crippen molar-refractivity contribution in [3.63, 3.8) is 0 Å². The number of nitrogens with one attached hydrogen (secondary N) is 2. The zero-order chi connectivity index (χ0) is 16.7. The molecule has 24 heavy (non-hydrogen) atoms. The third-order valence-electron chi connectivity index (χ3n) is 3.38. The first-order valence-electron chi connectivity index (χ1n) is 7.33. The summed E-state index contributed by atoms with van der Waals surface area (Å²) in [6.07, 6.45) is 1.78. The zero-order valence-electron chi connectivity index (χ0n) is 13.8. The summed E-state index contributed by atoms with van der Waals surface area (Å²) in [5, 5.41) is 15.3. The Hall–Kier alpha value is -1.61. The van der Waals surface area contributed by atoms with Crippen LogP contribution in [0, 0.1) is 6.92 Å². The van der Waals surface area contributed by atoms with Crippen molar-refractivity contribution in [2.75, 3.05) is 6.54 Å². The van der Waals surface area contributed by atoms with Crippen LogP contribution in [-0.4, -0.2) is 27.3 Å². The summed E-state index contributed by atoms with van der Waals surface area (Å²) >= 11 is 6.16. The third kappa shape index (κ3) is 5.79. The van der Waals surface area contributed by atoms with Gasteiger partial charge in [-0.3, -0.25) is 0 Å². The molecule has 8 heteroatoms. The van der Waals surface area contributed by atoms with Gasteiger partial charge in [-0.05, 0) is 18.6 Å². The molecule has 0 amide bonds. The van der Waals surface area contributed by atoms with E-state index in [0.29, 0.717) is 30.6 Å². The summed E-state index contributed by atoms with van der Waals surface area (Å²) in [4.78, 5) is 4.55. The smallest absolute Gasteiger partial charge is 0.192 e. The number of halogens is 2. The molecule has 0 aliphatic heterocycles. The van der Waals surface area contributed by atoms with Crippen molar-refractivity contribution in [1.29, 1.82) is 0 Å². The Morgan fingerprint density at radius 3 is 2.71 bits per heavy atom. The van der Waals surface area contributed by atoms with E-state index in [1.54, 1.807) is 6.08 Å². The Morgan fingerprint density at radius 1 is 1.33 bits per heavy atom. The van der Waals surface area contributed by atoms with E-state index in [1.807, 2.05) is 42.8 Å². The number of guanidine groups is 1. The highest BCUT2D eigenvalue weighted by Gasteiger charge is 2.06. The predicted octanol–water partition coefficient (Wildman–Crippen LogP) is 2.82.